The molecule has 174 valence electrons. The van der Waals surface area contributed by atoms with Gasteiger partial charge in [0.15, 0.2) is 0 Å². The van der Waals surface area contributed by atoms with Gasteiger partial charge in [0.2, 0.25) is 5.91 Å². The minimum absolute atomic E-state index is 0.0263. The molecular weight excluding hydrogens is 416 g/mol. The highest BCUT2D eigenvalue weighted by Gasteiger charge is 2.38. The van der Waals surface area contributed by atoms with Gasteiger partial charge in [-0.15, -0.1) is 0 Å². The molecule has 33 heavy (non-hydrogen) atoms. The number of urea groups is 1. The van der Waals surface area contributed by atoms with Gasteiger partial charge in [0, 0.05) is 61.5 Å². The number of anilines is 1. The monoisotopic (exact) mass is 448 g/mol. The first kappa shape index (κ1) is 21.7. The second-order valence-electron chi connectivity index (χ2n) is 9.83. The summed E-state index contributed by atoms with van der Waals surface area (Å²) in [6.45, 7) is 3.48. The van der Waals surface area contributed by atoms with Crippen molar-refractivity contribution < 1.29 is 9.59 Å². The minimum Gasteiger partial charge on any atom is -0.335 e. The van der Waals surface area contributed by atoms with Crippen molar-refractivity contribution in [3.05, 3.63) is 52.4 Å². The first-order valence-electron chi connectivity index (χ1n) is 12.1. The maximum absolute atomic E-state index is 13.1. The fourth-order valence-electron chi connectivity index (χ4n) is 5.87. The highest BCUT2D eigenvalue weighted by atomic mass is 16.2. The molecule has 3 amide bonds. The highest BCUT2D eigenvalue weighted by molar-refractivity contribution is 5.89. The average molecular weight is 449 g/mol. The van der Waals surface area contributed by atoms with E-state index in [-0.39, 0.29) is 23.4 Å². The lowest BCUT2D eigenvalue weighted by Gasteiger charge is -2.44. The zero-order valence-corrected chi connectivity index (χ0v) is 19.2. The van der Waals surface area contributed by atoms with E-state index in [0.717, 1.165) is 41.8 Å². The van der Waals surface area contributed by atoms with Crippen LogP contribution in [0, 0.1) is 5.92 Å². The number of carbonyl (C=O) groups excluding carboxylic acids is 2. The van der Waals surface area contributed by atoms with Crippen molar-refractivity contribution in [3.8, 4) is 11.1 Å². The molecule has 3 aliphatic rings. The predicted molar refractivity (Wildman–Crippen MR) is 128 cm³/mol. The van der Waals surface area contributed by atoms with Crippen molar-refractivity contribution in [2.75, 3.05) is 18.4 Å². The molecule has 5 rings (SSSR count). The van der Waals surface area contributed by atoms with Crippen LogP contribution >= 0.6 is 0 Å². The van der Waals surface area contributed by atoms with Gasteiger partial charge in [0.1, 0.15) is 0 Å². The first-order valence-corrected chi connectivity index (χ1v) is 12.1. The number of nitrogens with one attached hydrogen (secondary N) is 2. The normalized spacial score (nSPS) is 22.4. The van der Waals surface area contributed by atoms with E-state index in [1.807, 2.05) is 39.8 Å². The van der Waals surface area contributed by atoms with Crippen molar-refractivity contribution in [3.63, 3.8) is 0 Å². The average Bonchev–Trinajstić information content (AvgIpc) is 2.80. The number of likely N-dealkylation sites (tertiary alicyclic amines) is 1. The lowest BCUT2D eigenvalue weighted by molar-refractivity contribution is -0.114. The highest BCUT2D eigenvalue weighted by Crippen LogP contribution is 2.40. The second kappa shape index (κ2) is 9.04. The molecule has 1 saturated carbocycles. The molecule has 2 aliphatic heterocycles. The number of amides is 3. The third-order valence-corrected chi connectivity index (χ3v) is 7.33. The van der Waals surface area contributed by atoms with E-state index >= 15 is 0 Å². The summed E-state index contributed by atoms with van der Waals surface area (Å²) in [7, 11) is 0. The molecular formula is C26H32N4O3. The quantitative estimate of drug-likeness (QED) is 0.746. The summed E-state index contributed by atoms with van der Waals surface area (Å²) in [4.78, 5) is 39.1. The van der Waals surface area contributed by atoms with Gasteiger partial charge in [0.05, 0.1) is 0 Å². The molecule has 2 aromatic rings. The van der Waals surface area contributed by atoms with Crippen molar-refractivity contribution in [2.45, 2.75) is 64.0 Å². The van der Waals surface area contributed by atoms with Crippen LogP contribution in [0.2, 0.25) is 0 Å². The van der Waals surface area contributed by atoms with Crippen LogP contribution < -0.4 is 16.2 Å². The van der Waals surface area contributed by atoms with E-state index in [0.29, 0.717) is 31.6 Å². The van der Waals surface area contributed by atoms with Crippen molar-refractivity contribution >= 4 is 17.6 Å². The number of aromatic nitrogens is 1. The van der Waals surface area contributed by atoms with Crippen LogP contribution in [-0.4, -0.2) is 40.5 Å². The number of benzene rings is 1. The van der Waals surface area contributed by atoms with E-state index in [9.17, 15) is 14.4 Å². The Bertz CT molecular complexity index is 1100. The van der Waals surface area contributed by atoms with Crippen LogP contribution in [0.25, 0.3) is 11.1 Å². The molecule has 1 saturated heterocycles. The number of hydrogen-bond acceptors (Lipinski definition) is 3. The van der Waals surface area contributed by atoms with Crippen LogP contribution in [-0.2, 0) is 11.3 Å². The maximum atomic E-state index is 13.1. The molecule has 0 spiro atoms. The summed E-state index contributed by atoms with van der Waals surface area (Å²) >= 11 is 0. The third kappa shape index (κ3) is 4.54. The fourth-order valence-corrected chi connectivity index (χ4v) is 5.87. The molecule has 2 N–H and O–H groups in total. The summed E-state index contributed by atoms with van der Waals surface area (Å²) in [5.41, 5.74) is 3.84. The smallest absolute Gasteiger partial charge is 0.317 e. The largest absolute Gasteiger partial charge is 0.335 e. The fraction of sp³-hybridized carbons (Fsp3) is 0.500. The summed E-state index contributed by atoms with van der Waals surface area (Å²) < 4.78 is 1.92. The van der Waals surface area contributed by atoms with E-state index in [2.05, 4.69) is 10.6 Å². The van der Waals surface area contributed by atoms with Crippen LogP contribution in [0.5, 0.6) is 0 Å². The zero-order valence-electron chi connectivity index (χ0n) is 19.2. The molecule has 0 unspecified atom stereocenters. The molecule has 2 bridgehead atoms. The molecule has 1 aromatic carbocycles. The number of fused-ring (bicyclic) bond motifs is 4. The van der Waals surface area contributed by atoms with Crippen LogP contribution in [0.4, 0.5) is 10.5 Å². The van der Waals surface area contributed by atoms with Crippen molar-refractivity contribution in [1.82, 2.24) is 14.8 Å². The van der Waals surface area contributed by atoms with Gasteiger partial charge in [-0.3, -0.25) is 9.59 Å². The SMILES string of the molecule is CC(=O)Nc1ccc(-c2ccc(=O)n3c2[C@H]2C[C@@H](CN(C(=O)NC4CCCCC4)C2)C3)cc1. The Morgan fingerprint density at radius 2 is 1.70 bits per heavy atom. The Hall–Kier alpha value is -3.09. The molecule has 2 fully saturated rings. The lowest BCUT2D eigenvalue weighted by atomic mass is 9.80. The van der Waals surface area contributed by atoms with Gasteiger partial charge >= 0.3 is 6.03 Å². The third-order valence-electron chi connectivity index (χ3n) is 7.33. The van der Waals surface area contributed by atoms with E-state index in [4.69, 9.17) is 0 Å². The van der Waals surface area contributed by atoms with Gasteiger partial charge < -0.3 is 20.1 Å². The van der Waals surface area contributed by atoms with Gasteiger partial charge in [-0.2, -0.15) is 0 Å². The van der Waals surface area contributed by atoms with Gasteiger partial charge in [-0.1, -0.05) is 31.4 Å². The molecule has 7 heteroatoms. The Morgan fingerprint density at radius 3 is 2.42 bits per heavy atom. The minimum atomic E-state index is -0.105. The number of carbonyl (C=O) groups is 2. The number of rotatable bonds is 3. The van der Waals surface area contributed by atoms with Crippen molar-refractivity contribution in [2.24, 2.45) is 5.92 Å². The number of pyridine rings is 1. The maximum Gasteiger partial charge on any atom is 0.317 e. The lowest BCUT2D eigenvalue weighted by Crippen LogP contribution is -2.53. The first-order chi connectivity index (χ1) is 16.0. The van der Waals surface area contributed by atoms with E-state index in [1.165, 1.54) is 26.2 Å². The Kier molecular flexibility index (Phi) is 5.96. The number of hydrogen-bond donors (Lipinski definition) is 2. The van der Waals surface area contributed by atoms with Crippen LogP contribution in [0.15, 0.2) is 41.2 Å². The summed E-state index contributed by atoms with van der Waals surface area (Å²) in [5, 5.41) is 6.06. The number of piperidine rings is 1. The molecule has 2 atom stereocenters. The number of nitrogens with zero attached hydrogens (tertiary/aromatic N) is 2. The van der Waals surface area contributed by atoms with Gasteiger partial charge in [-0.05, 0) is 48.9 Å². The standard InChI is InChI=1S/C26H32N4O3/c1-17(31)27-22-9-7-19(8-10-22)23-11-12-24(32)30-15-18-13-20(25(23)30)16-29(14-18)26(33)28-21-5-3-2-4-6-21/h7-12,18,20-21H,2-6,13-16H2,1H3,(H,27,31)(H,28,33)/t18-,20-/m0/s1. The molecule has 0 radical (unpaired) electrons. The van der Waals surface area contributed by atoms with Gasteiger partial charge in [-0.25, -0.2) is 4.79 Å². The van der Waals surface area contributed by atoms with Gasteiger partial charge in [0.25, 0.3) is 5.56 Å². The Labute approximate surface area is 194 Å². The van der Waals surface area contributed by atoms with E-state index < -0.39 is 0 Å². The summed E-state index contributed by atoms with van der Waals surface area (Å²) in [6, 6.07) is 11.6. The topological polar surface area (TPSA) is 83.4 Å². The van der Waals surface area contributed by atoms with Crippen molar-refractivity contribution in [1.29, 1.82) is 0 Å². The van der Waals surface area contributed by atoms with E-state index in [1.54, 1.807) is 6.07 Å². The summed E-state index contributed by atoms with van der Waals surface area (Å²) in [6.07, 6.45) is 6.79. The summed E-state index contributed by atoms with van der Waals surface area (Å²) in [5.74, 6) is 0.322. The molecule has 1 aromatic heterocycles. The molecule has 7 nitrogen and oxygen atoms in total. The molecule has 1 aliphatic carbocycles. The van der Waals surface area contributed by atoms with Crippen LogP contribution in [0.1, 0.15) is 57.1 Å². The zero-order chi connectivity index (χ0) is 22.9. The molecule has 3 heterocycles. The van der Waals surface area contributed by atoms with Crippen LogP contribution in [0.3, 0.4) is 0 Å². The predicted octanol–water partition coefficient (Wildman–Crippen LogP) is 3.94. The Morgan fingerprint density at radius 1 is 0.939 bits per heavy atom. The second-order valence-corrected chi connectivity index (χ2v) is 9.83. The Balaban J connectivity index is 1.41.